The Kier molecular flexibility index (Phi) is 4.44. The SMILES string of the molecule is O=C(Nc1cccc(NC2CCCC2)c1)c1cc(Br)c2nccn2c1. The third kappa shape index (κ3) is 3.54. The zero-order valence-corrected chi connectivity index (χ0v) is 15.3. The Morgan fingerprint density at radius 1 is 1.20 bits per heavy atom. The molecule has 1 saturated carbocycles. The van der Waals surface area contributed by atoms with Crippen molar-refractivity contribution in [1.29, 1.82) is 0 Å². The molecule has 0 unspecified atom stereocenters. The minimum atomic E-state index is -0.144. The van der Waals surface area contributed by atoms with Crippen LogP contribution >= 0.6 is 15.9 Å². The molecule has 0 spiro atoms. The number of nitrogens with one attached hydrogen (secondary N) is 2. The number of hydrogen-bond donors (Lipinski definition) is 2. The third-order valence-corrected chi connectivity index (χ3v) is 5.13. The summed E-state index contributed by atoms with van der Waals surface area (Å²) in [6.45, 7) is 0. The van der Waals surface area contributed by atoms with E-state index in [9.17, 15) is 4.79 Å². The van der Waals surface area contributed by atoms with Crippen LogP contribution in [0.5, 0.6) is 0 Å². The quantitative estimate of drug-likeness (QED) is 0.669. The molecule has 0 aliphatic heterocycles. The summed E-state index contributed by atoms with van der Waals surface area (Å²) in [5.41, 5.74) is 3.21. The smallest absolute Gasteiger partial charge is 0.257 e. The Labute approximate surface area is 154 Å². The normalized spacial score (nSPS) is 14.8. The number of carbonyl (C=O) groups is 1. The highest BCUT2D eigenvalue weighted by Gasteiger charge is 2.15. The first-order valence-corrected chi connectivity index (χ1v) is 9.28. The Hall–Kier alpha value is -2.34. The number of halogens is 1. The molecule has 1 fully saturated rings. The van der Waals surface area contributed by atoms with Gasteiger partial charge in [-0.1, -0.05) is 18.9 Å². The highest BCUT2D eigenvalue weighted by molar-refractivity contribution is 9.10. The lowest BCUT2D eigenvalue weighted by Gasteiger charge is -2.14. The van der Waals surface area contributed by atoms with E-state index in [-0.39, 0.29) is 5.91 Å². The number of pyridine rings is 1. The van der Waals surface area contributed by atoms with Crippen LogP contribution in [0.2, 0.25) is 0 Å². The molecule has 1 aromatic carbocycles. The van der Waals surface area contributed by atoms with Gasteiger partial charge in [0.25, 0.3) is 5.91 Å². The summed E-state index contributed by atoms with van der Waals surface area (Å²) >= 11 is 3.47. The van der Waals surface area contributed by atoms with Crippen LogP contribution < -0.4 is 10.6 Å². The molecule has 6 heteroatoms. The topological polar surface area (TPSA) is 58.4 Å². The molecule has 128 valence electrons. The maximum atomic E-state index is 12.6. The van der Waals surface area contributed by atoms with E-state index in [0.717, 1.165) is 21.5 Å². The van der Waals surface area contributed by atoms with Crippen molar-refractivity contribution in [2.75, 3.05) is 10.6 Å². The second-order valence-electron chi connectivity index (χ2n) is 6.40. The molecule has 0 radical (unpaired) electrons. The molecule has 25 heavy (non-hydrogen) atoms. The van der Waals surface area contributed by atoms with Gasteiger partial charge in [-0.05, 0) is 53.0 Å². The third-order valence-electron chi connectivity index (χ3n) is 4.55. The van der Waals surface area contributed by atoms with Crippen molar-refractivity contribution < 1.29 is 4.79 Å². The average molecular weight is 399 g/mol. The maximum absolute atomic E-state index is 12.6. The van der Waals surface area contributed by atoms with E-state index in [4.69, 9.17) is 0 Å². The first-order valence-electron chi connectivity index (χ1n) is 8.49. The van der Waals surface area contributed by atoms with Gasteiger partial charge in [0, 0.05) is 36.0 Å². The second kappa shape index (κ2) is 6.88. The molecule has 1 aliphatic rings. The van der Waals surface area contributed by atoms with Gasteiger partial charge < -0.3 is 15.0 Å². The summed E-state index contributed by atoms with van der Waals surface area (Å²) in [6.07, 6.45) is 10.3. The Bertz CT molecular complexity index is 915. The molecule has 0 atom stereocenters. The Morgan fingerprint density at radius 2 is 2.00 bits per heavy atom. The lowest BCUT2D eigenvalue weighted by Crippen LogP contribution is -2.15. The molecule has 2 heterocycles. The van der Waals surface area contributed by atoms with Crippen LogP contribution in [-0.4, -0.2) is 21.3 Å². The zero-order valence-electron chi connectivity index (χ0n) is 13.7. The summed E-state index contributed by atoms with van der Waals surface area (Å²) < 4.78 is 2.62. The molecule has 3 aromatic rings. The van der Waals surface area contributed by atoms with Crippen molar-refractivity contribution in [3.8, 4) is 0 Å². The number of fused-ring (bicyclic) bond motifs is 1. The largest absolute Gasteiger partial charge is 0.382 e. The van der Waals surface area contributed by atoms with Crippen LogP contribution in [-0.2, 0) is 0 Å². The summed E-state index contributed by atoms with van der Waals surface area (Å²) in [6, 6.07) is 10.2. The van der Waals surface area contributed by atoms with Crippen molar-refractivity contribution in [1.82, 2.24) is 9.38 Å². The number of imidazole rings is 1. The minimum Gasteiger partial charge on any atom is -0.382 e. The van der Waals surface area contributed by atoms with E-state index in [2.05, 4.69) is 31.5 Å². The van der Waals surface area contributed by atoms with Gasteiger partial charge in [-0.15, -0.1) is 0 Å². The molecular formula is C19H19BrN4O. The highest BCUT2D eigenvalue weighted by atomic mass is 79.9. The van der Waals surface area contributed by atoms with Gasteiger partial charge in [-0.2, -0.15) is 0 Å². The number of anilines is 2. The van der Waals surface area contributed by atoms with Gasteiger partial charge in [0.15, 0.2) is 5.65 Å². The fourth-order valence-corrected chi connectivity index (χ4v) is 3.86. The van der Waals surface area contributed by atoms with Crippen molar-refractivity contribution >= 4 is 38.9 Å². The van der Waals surface area contributed by atoms with Crippen LogP contribution in [0.15, 0.2) is 53.4 Å². The van der Waals surface area contributed by atoms with Crippen LogP contribution in [0.3, 0.4) is 0 Å². The van der Waals surface area contributed by atoms with Crippen LogP contribution in [0.4, 0.5) is 11.4 Å². The fourth-order valence-electron chi connectivity index (χ4n) is 3.31. The molecule has 4 rings (SSSR count). The number of nitrogens with zero attached hydrogens (tertiary/aromatic N) is 2. The molecular weight excluding hydrogens is 380 g/mol. The van der Waals surface area contributed by atoms with E-state index in [1.54, 1.807) is 18.5 Å². The summed E-state index contributed by atoms with van der Waals surface area (Å²) in [7, 11) is 0. The van der Waals surface area contributed by atoms with Gasteiger partial charge in [-0.25, -0.2) is 4.98 Å². The molecule has 1 aliphatic carbocycles. The standard InChI is InChI=1S/C19H19BrN4O/c20-17-10-13(12-24-9-8-21-18(17)24)19(25)23-16-7-3-6-15(11-16)22-14-4-1-2-5-14/h3,6-12,14,22H,1-2,4-5H2,(H,23,25). The monoisotopic (exact) mass is 398 g/mol. The number of rotatable bonds is 4. The van der Waals surface area contributed by atoms with Gasteiger partial charge in [-0.3, -0.25) is 4.79 Å². The van der Waals surface area contributed by atoms with E-state index >= 15 is 0 Å². The number of benzene rings is 1. The summed E-state index contributed by atoms with van der Waals surface area (Å²) in [5, 5.41) is 6.53. The maximum Gasteiger partial charge on any atom is 0.257 e. The van der Waals surface area contributed by atoms with Gasteiger partial charge in [0.1, 0.15) is 0 Å². The highest BCUT2D eigenvalue weighted by Crippen LogP contribution is 2.24. The predicted molar refractivity (Wildman–Crippen MR) is 103 cm³/mol. The van der Waals surface area contributed by atoms with E-state index in [1.165, 1.54) is 25.7 Å². The molecule has 2 aromatic heterocycles. The first kappa shape index (κ1) is 16.1. The molecule has 2 N–H and O–H groups in total. The fraction of sp³-hybridized carbons (Fsp3) is 0.263. The van der Waals surface area contributed by atoms with Gasteiger partial charge in [0.05, 0.1) is 10.0 Å². The lowest BCUT2D eigenvalue weighted by atomic mass is 10.2. The lowest BCUT2D eigenvalue weighted by molar-refractivity contribution is 0.102. The molecule has 1 amide bonds. The molecule has 0 bridgehead atoms. The van der Waals surface area contributed by atoms with E-state index in [1.807, 2.05) is 34.9 Å². The van der Waals surface area contributed by atoms with E-state index in [0.29, 0.717) is 11.6 Å². The Balaban J connectivity index is 1.51. The number of hydrogen-bond acceptors (Lipinski definition) is 3. The Morgan fingerprint density at radius 3 is 2.84 bits per heavy atom. The van der Waals surface area contributed by atoms with Crippen molar-refractivity contribution in [2.24, 2.45) is 0 Å². The predicted octanol–water partition coefficient (Wildman–Crippen LogP) is 4.70. The zero-order chi connectivity index (χ0) is 17.2. The second-order valence-corrected chi connectivity index (χ2v) is 7.25. The first-order chi connectivity index (χ1) is 12.2. The average Bonchev–Trinajstić information content (AvgIpc) is 3.26. The van der Waals surface area contributed by atoms with Crippen LogP contribution in [0.1, 0.15) is 36.0 Å². The van der Waals surface area contributed by atoms with Gasteiger partial charge >= 0.3 is 0 Å². The molecule has 0 saturated heterocycles. The van der Waals surface area contributed by atoms with E-state index < -0.39 is 0 Å². The van der Waals surface area contributed by atoms with Crippen LogP contribution in [0.25, 0.3) is 5.65 Å². The van der Waals surface area contributed by atoms with Crippen molar-refractivity contribution in [3.63, 3.8) is 0 Å². The van der Waals surface area contributed by atoms with Crippen molar-refractivity contribution in [3.05, 3.63) is 59.0 Å². The number of amides is 1. The van der Waals surface area contributed by atoms with Crippen LogP contribution in [0, 0.1) is 0 Å². The molecule has 5 nitrogen and oxygen atoms in total. The number of carbonyl (C=O) groups excluding carboxylic acids is 1. The van der Waals surface area contributed by atoms with Gasteiger partial charge in [0.2, 0.25) is 0 Å². The minimum absolute atomic E-state index is 0.144. The number of aromatic nitrogens is 2. The summed E-state index contributed by atoms with van der Waals surface area (Å²) in [5.74, 6) is -0.144. The summed E-state index contributed by atoms with van der Waals surface area (Å²) in [4.78, 5) is 16.8. The van der Waals surface area contributed by atoms with Crippen molar-refractivity contribution in [2.45, 2.75) is 31.7 Å².